The summed E-state index contributed by atoms with van der Waals surface area (Å²) in [6.45, 7) is 4.16. The minimum Gasteiger partial charge on any atom is -0.127 e. The molecule has 0 radical (unpaired) electrons. The van der Waals surface area contributed by atoms with Crippen molar-refractivity contribution in [2.24, 2.45) is 0 Å². The first-order valence-corrected chi connectivity index (χ1v) is 7.17. The molecule has 0 amide bonds. The van der Waals surface area contributed by atoms with Gasteiger partial charge in [-0.1, -0.05) is 48.9 Å². The Kier molecular flexibility index (Phi) is 4.13. The summed E-state index contributed by atoms with van der Waals surface area (Å²) < 4.78 is 0.839. The molecule has 2 atom stereocenters. The van der Waals surface area contributed by atoms with Crippen molar-refractivity contribution in [3.63, 3.8) is 0 Å². The van der Waals surface area contributed by atoms with Crippen LogP contribution < -0.4 is 0 Å². The summed E-state index contributed by atoms with van der Waals surface area (Å²) in [6, 6.07) is 12.4. The molecule has 0 saturated carbocycles. The second kappa shape index (κ2) is 5.43. The van der Waals surface area contributed by atoms with Gasteiger partial charge in [0.15, 0.2) is 0 Å². The van der Waals surface area contributed by atoms with E-state index in [2.05, 4.69) is 25.1 Å². The zero-order valence-corrected chi connectivity index (χ0v) is 12.1. The predicted molar refractivity (Wildman–Crippen MR) is 77.5 cm³/mol. The molecule has 0 fully saturated rings. The summed E-state index contributed by atoms with van der Waals surface area (Å²) in [5.41, 5.74) is 2.37. The highest BCUT2D eigenvalue weighted by Crippen LogP contribution is 2.41. The highest BCUT2D eigenvalue weighted by molar-refractivity contribution is 7.16. The highest BCUT2D eigenvalue weighted by Gasteiger charge is 2.20. The number of benzene rings is 1. The normalized spacial score (nSPS) is 14.6. The van der Waals surface area contributed by atoms with Crippen molar-refractivity contribution in [1.82, 2.24) is 0 Å². The molecule has 3 heteroatoms. The summed E-state index contributed by atoms with van der Waals surface area (Å²) in [5.74, 6) is 0.284. The number of rotatable bonds is 3. The minimum absolute atomic E-state index is 0.0198. The van der Waals surface area contributed by atoms with E-state index >= 15 is 0 Å². The quantitative estimate of drug-likeness (QED) is 0.626. The lowest BCUT2D eigenvalue weighted by Crippen LogP contribution is -2.00. The Hall–Kier alpha value is -0.500. The van der Waals surface area contributed by atoms with Crippen LogP contribution in [0.3, 0.4) is 0 Å². The van der Waals surface area contributed by atoms with Gasteiger partial charge >= 0.3 is 0 Å². The summed E-state index contributed by atoms with van der Waals surface area (Å²) in [6.07, 6.45) is 0. The number of hydrogen-bond acceptors (Lipinski definition) is 1. The first-order valence-electron chi connectivity index (χ1n) is 5.54. The van der Waals surface area contributed by atoms with Crippen LogP contribution in [0.5, 0.6) is 0 Å². The molecule has 2 rings (SSSR count). The third kappa shape index (κ3) is 2.85. The Labute approximate surface area is 116 Å². The van der Waals surface area contributed by atoms with E-state index in [4.69, 9.17) is 23.2 Å². The monoisotopic (exact) mass is 284 g/mol. The second-order valence-electron chi connectivity index (χ2n) is 4.21. The van der Waals surface area contributed by atoms with E-state index in [-0.39, 0.29) is 11.3 Å². The van der Waals surface area contributed by atoms with Gasteiger partial charge < -0.3 is 0 Å². The van der Waals surface area contributed by atoms with E-state index in [9.17, 15) is 0 Å². The lowest BCUT2D eigenvalue weighted by Gasteiger charge is -2.17. The van der Waals surface area contributed by atoms with Crippen molar-refractivity contribution in [3.8, 4) is 0 Å². The van der Waals surface area contributed by atoms with Gasteiger partial charge in [-0.15, -0.1) is 22.9 Å². The van der Waals surface area contributed by atoms with Crippen molar-refractivity contribution < 1.29 is 0 Å². The van der Waals surface area contributed by atoms with Crippen LogP contribution in [0.25, 0.3) is 0 Å². The van der Waals surface area contributed by atoms with E-state index < -0.39 is 0 Å². The first kappa shape index (κ1) is 12.9. The average Bonchev–Trinajstić information content (AvgIpc) is 2.69. The lowest BCUT2D eigenvalue weighted by atomic mass is 9.96. The Bertz CT molecular complexity index is 471. The predicted octanol–water partition coefficient (Wildman–Crippen LogP) is 5.79. The fraction of sp³-hybridized carbons (Fsp3) is 0.286. The Morgan fingerprint density at radius 2 is 1.82 bits per heavy atom. The number of halogens is 2. The molecule has 1 heterocycles. The lowest BCUT2D eigenvalue weighted by molar-refractivity contribution is 0.741. The van der Waals surface area contributed by atoms with Crippen LogP contribution in [-0.2, 0) is 0 Å². The van der Waals surface area contributed by atoms with Crippen molar-refractivity contribution in [3.05, 3.63) is 56.7 Å². The molecule has 1 aromatic heterocycles. The average molecular weight is 285 g/mol. The first-order chi connectivity index (χ1) is 8.09. The van der Waals surface area contributed by atoms with Crippen LogP contribution >= 0.6 is 34.5 Å². The summed E-state index contributed by atoms with van der Waals surface area (Å²) in [7, 11) is 0. The SMILES string of the molecule is Cc1cc(C(Cl)C(C)c2ccccc2)sc1Cl. The second-order valence-corrected chi connectivity index (χ2v) is 6.36. The highest BCUT2D eigenvalue weighted by atomic mass is 35.5. The topological polar surface area (TPSA) is 0 Å². The summed E-state index contributed by atoms with van der Waals surface area (Å²) in [4.78, 5) is 1.14. The van der Waals surface area contributed by atoms with Crippen molar-refractivity contribution >= 4 is 34.5 Å². The van der Waals surface area contributed by atoms with E-state index in [0.29, 0.717) is 0 Å². The van der Waals surface area contributed by atoms with Gasteiger partial charge in [0.05, 0.1) is 9.71 Å². The van der Waals surface area contributed by atoms with Crippen molar-refractivity contribution in [1.29, 1.82) is 0 Å². The molecule has 2 aromatic rings. The maximum absolute atomic E-state index is 6.53. The van der Waals surface area contributed by atoms with Gasteiger partial charge in [-0.3, -0.25) is 0 Å². The molecule has 0 bridgehead atoms. The fourth-order valence-corrected chi connectivity index (χ4v) is 3.43. The van der Waals surface area contributed by atoms with Gasteiger partial charge in [0, 0.05) is 10.8 Å². The zero-order valence-electron chi connectivity index (χ0n) is 9.78. The van der Waals surface area contributed by atoms with Crippen molar-refractivity contribution in [2.45, 2.75) is 25.1 Å². The summed E-state index contributed by atoms with van der Waals surface area (Å²) >= 11 is 14.2. The van der Waals surface area contributed by atoms with Gasteiger partial charge in [-0.2, -0.15) is 0 Å². The molecule has 17 heavy (non-hydrogen) atoms. The van der Waals surface area contributed by atoms with Gasteiger partial charge in [-0.25, -0.2) is 0 Å². The van der Waals surface area contributed by atoms with Crippen LogP contribution in [0.15, 0.2) is 36.4 Å². The van der Waals surface area contributed by atoms with Gasteiger partial charge in [0.2, 0.25) is 0 Å². The van der Waals surface area contributed by atoms with Crippen LogP contribution in [-0.4, -0.2) is 0 Å². The maximum atomic E-state index is 6.53. The van der Waals surface area contributed by atoms with Crippen LogP contribution in [0, 0.1) is 6.92 Å². The van der Waals surface area contributed by atoms with Gasteiger partial charge in [0.25, 0.3) is 0 Å². The largest absolute Gasteiger partial charge is 0.127 e. The maximum Gasteiger partial charge on any atom is 0.0960 e. The number of thiophene rings is 1. The van der Waals surface area contributed by atoms with Crippen LogP contribution in [0.1, 0.15) is 34.2 Å². The molecular formula is C14H14Cl2S. The van der Waals surface area contributed by atoms with Crippen LogP contribution in [0.2, 0.25) is 4.34 Å². The molecule has 90 valence electrons. The van der Waals surface area contributed by atoms with Gasteiger partial charge in [0.1, 0.15) is 0 Å². The number of hydrogen-bond donors (Lipinski definition) is 0. The number of alkyl halides is 1. The fourth-order valence-electron chi connectivity index (χ4n) is 1.79. The van der Waals surface area contributed by atoms with Gasteiger partial charge in [-0.05, 0) is 24.1 Å². The summed E-state index contributed by atoms with van der Waals surface area (Å²) in [5, 5.41) is -0.0198. The van der Waals surface area contributed by atoms with Crippen LogP contribution in [0.4, 0.5) is 0 Å². The molecule has 0 spiro atoms. The Balaban J connectivity index is 2.23. The smallest absolute Gasteiger partial charge is 0.0960 e. The van der Waals surface area contributed by atoms with E-state index in [1.807, 2.05) is 25.1 Å². The van der Waals surface area contributed by atoms with E-state index in [1.54, 1.807) is 11.3 Å². The third-order valence-electron chi connectivity index (χ3n) is 2.91. The molecule has 0 nitrogen and oxygen atoms in total. The third-order valence-corrected chi connectivity index (χ3v) is 5.29. The standard InChI is InChI=1S/C14H14Cl2S/c1-9-8-12(17-14(9)16)13(15)10(2)11-6-4-3-5-7-11/h3-8,10,13H,1-2H3. The van der Waals surface area contributed by atoms with E-state index in [0.717, 1.165) is 14.8 Å². The molecule has 0 saturated heterocycles. The Morgan fingerprint density at radius 3 is 2.35 bits per heavy atom. The molecule has 0 aliphatic carbocycles. The Morgan fingerprint density at radius 1 is 1.18 bits per heavy atom. The molecule has 0 N–H and O–H groups in total. The number of aryl methyl sites for hydroxylation is 1. The minimum atomic E-state index is -0.0198. The zero-order chi connectivity index (χ0) is 12.4. The molecular weight excluding hydrogens is 271 g/mol. The van der Waals surface area contributed by atoms with Crippen molar-refractivity contribution in [2.75, 3.05) is 0 Å². The van der Waals surface area contributed by atoms with E-state index in [1.165, 1.54) is 5.56 Å². The molecule has 0 aliphatic heterocycles. The molecule has 0 aliphatic rings. The molecule has 1 aromatic carbocycles. The molecule has 2 unspecified atom stereocenters.